The number of aromatic nitrogens is 1. The number of likely N-dealkylation sites (tertiary alicyclic amines) is 4. The molecule has 4 saturated carbocycles. The summed E-state index contributed by atoms with van der Waals surface area (Å²) in [6.07, 6.45) is 16.4. The number of H-pyrrole nitrogens is 1. The van der Waals surface area contributed by atoms with Gasteiger partial charge in [0, 0.05) is 124 Å². The second kappa shape index (κ2) is 33.7. The van der Waals surface area contributed by atoms with Gasteiger partial charge in [-0.2, -0.15) is 0 Å². The molecule has 118 heavy (non-hydrogen) atoms. The number of nitrogens with one attached hydrogen (secondary N) is 1. The first-order chi connectivity index (χ1) is 57.7. The summed E-state index contributed by atoms with van der Waals surface area (Å²) >= 11 is 0. The third-order valence-electron chi connectivity index (χ3n) is 28.2. The lowest BCUT2D eigenvalue weighted by Crippen LogP contribution is -2.54. The second-order valence-electron chi connectivity index (χ2n) is 35.2. The molecule has 9 N–H and O–H groups in total. The SMILES string of the molecule is CS1(Oc2cccc(C(=O)N3CCC(c4cccc(CN)c4)CC3)c2)CC2CC1C1OB(c3cccc4c3C=C(C(=O)N3CCC(c5cccc(CN)c5)CC3)C4)OC21.NCc1cccc(C2CCN(C(=O)c3cccc(O[C@H]4CC5CCC4C4OB(c6cccc7[nH]c(C(=O)N8CCC(c9cccc(CN)c9)CC8)cc67)OC54)c3)CC2)c1. The first-order valence-corrected chi connectivity index (χ1v) is 45.6. The summed E-state index contributed by atoms with van der Waals surface area (Å²) < 4.78 is 40.9. The van der Waals surface area contributed by atoms with Crippen LogP contribution >= 0.6 is 10.3 Å². The summed E-state index contributed by atoms with van der Waals surface area (Å²) in [7, 11) is -2.55. The highest BCUT2D eigenvalue weighted by Gasteiger charge is 2.64. The molecule has 4 amide bonds. The minimum atomic E-state index is -1.54. The van der Waals surface area contributed by atoms with Gasteiger partial charge in [0.05, 0.1) is 24.4 Å². The Kier molecular flexibility index (Phi) is 22.4. The summed E-state index contributed by atoms with van der Waals surface area (Å²) in [6, 6.07) is 64.1. The van der Waals surface area contributed by atoms with Crippen molar-refractivity contribution >= 4 is 76.1 Å². The van der Waals surface area contributed by atoms with Crippen LogP contribution in [0, 0.1) is 17.8 Å². The highest BCUT2D eigenvalue weighted by Crippen LogP contribution is 2.67. The van der Waals surface area contributed by atoms with E-state index in [4.69, 9.17) is 50.5 Å². The number of amides is 4. The number of piperidine rings is 4. The maximum Gasteiger partial charge on any atom is 0.495 e. The molecule has 5 aliphatic carbocycles. The highest BCUT2D eigenvalue weighted by molar-refractivity contribution is 8.30. The quantitative estimate of drug-likeness (QED) is 0.0501. The van der Waals surface area contributed by atoms with E-state index in [-0.39, 0.29) is 65.3 Å². The number of nitrogens with two attached hydrogens (primary N) is 4. The average Bonchev–Trinajstić information content (AvgIpc) is 1.56. The van der Waals surface area contributed by atoms with Crippen LogP contribution in [0.4, 0.5) is 0 Å². The van der Waals surface area contributed by atoms with E-state index in [0.717, 1.165) is 194 Å². The van der Waals surface area contributed by atoms with Gasteiger partial charge in [0.25, 0.3) is 17.7 Å². The smallest absolute Gasteiger partial charge is 0.490 e. The number of benzene rings is 8. The molecule has 9 unspecified atom stereocenters. The number of hydrogen-bond donors (Lipinski definition) is 5. The van der Waals surface area contributed by atoms with E-state index in [1.165, 1.54) is 22.3 Å². The maximum absolute atomic E-state index is 13.9. The molecule has 0 spiro atoms. The van der Waals surface area contributed by atoms with E-state index >= 15 is 0 Å². The van der Waals surface area contributed by atoms with Gasteiger partial charge in [-0.15, -0.1) is 0 Å². The number of rotatable bonds is 18. The molecule has 21 rings (SSSR count). The van der Waals surface area contributed by atoms with Crippen molar-refractivity contribution in [3.8, 4) is 11.5 Å². The average molecular weight is 1600 g/mol. The van der Waals surface area contributed by atoms with E-state index in [1.807, 2.05) is 86.3 Å². The molecule has 12 aliphatic rings. The van der Waals surface area contributed by atoms with Gasteiger partial charge in [-0.3, -0.25) is 19.2 Å². The maximum atomic E-state index is 13.9. The van der Waals surface area contributed by atoms with Crippen LogP contribution in [0.1, 0.15) is 188 Å². The van der Waals surface area contributed by atoms with Crippen LogP contribution in [-0.4, -0.2) is 163 Å². The summed E-state index contributed by atoms with van der Waals surface area (Å²) in [5.74, 6) is 5.35. The number of fused-ring (bicyclic) bond motifs is 9. The molecule has 9 aromatic rings. The number of carbonyl (C=O) groups excluding carboxylic acids is 4. The lowest BCUT2D eigenvalue weighted by molar-refractivity contribution is -0.128. The fourth-order valence-electron chi connectivity index (χ4n) is 21.8. The van der Waals surface area contributed by atoms with Crippen molar-refractivity contribution in [3.63, 3.8) is 0 Å². The van der Waals surface area contributed by atoms with Gasteiger partial charge in [-0.1, -0.05) is 150 Å². The number of nitrogens with zero attached hydrogens (tertiary/aromatic N) is 4. The van der Waals surface area contributed by atoms with Crippen LogP contribution in [0.5, 0.6) is 11.5 Å². The van der Waals surface area contributed by atoms with Crippen LogP contribution in [0.15, 0.2) is 194 Å². The molecule has 11 fully saturated rings. The van der Waals surface area contributed by atoms with Crippen molar-refractivity contribution in [2.45, 2.75) is 169 Å². The Morgan fingerprint density at radius 3 is 1.44 bits per heavy atom. The van der Waals surface area contributed by atoms with Crippen molar-refractivity contribution in [2.24, 2.45) is 40.7 Å². The predicted molar refractivity (Wildman–Crippen MR) is 465 cm³/mol. The molecule has 4 bridgehead atoms. The van der Waals surface area contributed by atoms with Gasteiger partial charge in [0.15, 0.2) is 0 Å². The Labute approximate surface area is 695 Å². The Hall–Kier alpha value is -9.32. The first-order valence-electron chi connectivity index (χ1n) is 43.4. The Balaban J connectivity index is 0.000000157. The molecule has 8 aromatic carbocycles. The van der Waals surface area contributed by atoms with Crippen LogP contribution < -0.4 is 42.8 Å². The molecule has 10 atom stereocenters. The minimum Gasteiger partial charge on any atom is -0.490 e. The molecule has 19 nitrogen and oxygen atoms in total. The van der Waals surface area contributed by atoms with Crippen LogP contribution in [0.25, 0.3) is 17.0 Å². The van der Waals surface area contributed by atoms with E-state index in [1.54, 1.807) is 0 Å². The van der Waals surface area contributed by atoms with Crippen molar-refractivity contribution in [3.05, 3.63) is 266 Å². The standard InChI is InChI=1S/C48H54BN5O5.C48H55BN4O5S/c50-28-30-5-1-7-34(23-30)32-15-19-53(20-16-32)47(55)37-9-3-10-38(25-37)57-44-26-36-13-14-39(44)46-45(36)58-49(59-46)41-11-4-12-42-40(41)27-43(52-42)48(56)54-21-17-33(18-22-54)35-8-2-6-31(24-35)29-51;1-59(58-41-12-4-11-38(25-41)47(54)52-18-14-33(15-19-52)35-8-2-6-31(22-35)28-50)30-40-27-44(59)46-45(40)56-49(57-46)43-13-5-10-37-24-39(26-42(37)43)48(55)53-20-16-34(17-21-53)36-9-3-7-32(23-36)29-51/h1-12,23-25,27,32-33,36,39,44-46,52H,13-22,26,28-29,50-51H2;2-13,22-23,25-26,33-34,40,44-46H,14-21,24,27-30,50-51H2,1H3/t36?,39?,44-,45?,46?;/m0./s1. The largest absolute Gasteiger partial charge is 0.495 e. The molecule has 7 aliphatic heterocycles. The topological polar surface area (TPSA) is 256 Å². The highest BCUT2D eigenvalue weighted by atomic mass is 32.3. The van der Waals surface area contributed by atoms with E-state index < -0.39 is 24.5 Å². The number of ether oxygens (including phenoxy) is 1. The molecule has 8 heterocycles. The van der Waals surface area contributed by atoms with Gasteiger partial charge in [0.2, 0.25) is 5.91 Å². The normalized spacial score (nSPS) is 26.2. The third-order valence-corrected chi connectivity index (χ3v) is 31.6. The molecular weight excluding hydrogens is 1490 g/mol. The lowest BCUT2D eigenvalue weighted by atomic mass is 9.65. The zero-order valence-corrected chi connectivity index (χ0v) is 68.4. The monoisotopic (exact) mass is 1600 g/mol. The third kappa shape index (κ3) is 15.7. The van der Waals surface area contributed by atoms with Crippen molar-refractivity contribution in [2.75, 3.05) is 64.4 Å². The van der Waals surface area contributed by atoms with Gasteiger partial charge >= 0.3 is 14.2 Å². The molecular formula is C96H109B2N9O10S. The second-order valence-corrected chi connectivity index (χ2v) is 38.4. The minimum absolute atomic E-state index is 0.00522. The summed E-state index contributed by atoms with van der Waals surface area (Å²) in [5.41, 5.74) is 41.3. The van der Waals surface area contributed by atoms with E-state index in [2.05, 4.69) is 139 Å². The predicted octanol–water partition coefficient (Wildman–Crippen LogP) is 12.8. The Morgan fingerprint density at radius 1 is 0.449 bits per heavy atom. The molecule has 7 saturated heterocycles. The van der Waals surface area contributed by atoms with Crippen LogP contribution in [-0.2, 0) is 56.0 Å². The zero-order valence-electron chi connectivity index (χ0n) is 67.6. The molecule has 0 radical (unpaired) electrons. The van der Waals surface area contributed by atoms with Crippen molar-refractivity contribution in [1.82, 2.24) is 24.6 Å². The fraction of sp³-hybridized carbons (Fsp3) is 0.417. The van der Waals surface area contributed by atoms with E-state index in [9.17, 15) is 19.2 Å². The number of carbonyl (C=O) groups is 4. The lowest BCUT2D eigenvalue weighted by Gasteiger charge is -2.48. The zero-order chi connectivity index (χ0) is 80.3. The van der Waals surface area contributed by atoms with Gasteiger partial charge in [0.1, 0.15) is 23.3 Å². The van der Waals surface area contributed by atoms with Crippen LogP contribution in [0.2, 0.25) is 0 Å². The van der Waals surface area contributed by atoms with E-state index in [0.29, 0.717) is 98.0 Å². The van der Waals surface area contributed by atoms with Gasteiger partial charge in [-0.05, 0) is 245 Å². The number of aromatic amines is 1. The first kappa shape index (κ1) is 78.5. The Morgan fingerprint density at radius 2 is 0.898 bits per heavy atom. The summed E-state index contributed by atoms with van der Waals surface area (Å²) in [6.45, 7) is 8.04. The summed E-state index contributed by atoms with van der Waals surface area (Å²) in [4.78, 5) is 66.6. The summed E-state index contributed by atoms with van der Waals surface area (Å²) in [5, 5.41) is 1.20. The van der Waals surface area contributed by atoms with Crippen LogP contribution in [0.3, 0.4) is 0 Å². The molecule has 1 aromatic heterocycles. The fourth-order valence-corrected chi connectivity index (χ4v) is 25.4. The molecule has 610 valence electrons. The Bertz CT molecular complexity index is 5270. The number of hydrogen-bond acceptors (Lipinski definition) is 14. The van der Waals surface area contributed by atoms with Crippen molar-refractivity contribution in [1.29, 1.82) is 0 Å². The van der Waals surface area contributed by atoms with Gasteiger partial charge in [-0.25, -0.2) is 0 Å². The molecule has 22 heteroatoms. The van der Waals surface area contributed by atoms with Gasteiger partial charge < -0.3 is 75.1 Å². The van der Waals surface area contributed by atoms with Crippen molar-refractivity contribution < 1.29 is 46.7 Å².